The molecule has 0 amide bonds. The van der Waals surface area contributed by atoms with E-state index in [2.05, 4.69) is 11.2 Å². The minimum absolute atomic E-state index is 0.174. The minimum atomic E-state index is -3.65. The number of carbonyl (C=O) groups is 2. The van der Waals surface area contributed by atoms with Crippen molar-refractivity contribution in [1.29, 1.82) is 0 Å². The van der Waals surface area contributed by atoms with Gasteiger partial charge in [-0.05, 0) is 89.9 Å². The number of aryl methyl sites for hydroxylation is 1. The Hall–Kier alpha value is -3.51. The van der Waals surface area contributed by atoms with E-state index in [4.69, 9.17) is 18.9 Å². The van der Waals surface area contributed by atoms with Crippen LogP contribution >= 0.6 is 0 Å². The van der Waals surface area contributed by atoms with Gasteiger partial charge in [-0.25, -0.2) is 18.0 Å². The van der Waals surface area contributed by atoms with E-state index in [9.17, 15) is 18.0 Å². The Balaban J connectivity index is 1.90. The smallest absolute Gasteiger partial charge is 0.428 e. The molecular weight excluding hydrogens is 472 g/mol. The average Bonchev–Trinajstić information content (AvgIpc) is 2.70. The van der Waals surface area contributed by atoms with Crippen molar-refractivity contribution in [2.75, 3.05) is 5.75 Å². The molecule has 0 N–H and O–H groups in total. The highest BCUT2D eigenvalue weighted by Gasteiger charge is 2.19. The molecule has 0 aliphatic rings. The topological polar surface area (TPSA) is 105 Å². The number of hydrogen-bond acceptors (Lipinski definition) is 8. The summed E-state index contributed by atoms with van der Waals surface area (Å²) in [5.41, 5.74) is -0.140. The molecule has 0 heterocycles. The molecule has 2 aromatic rings. The second-order valence-electron chi connectivity index (χ2n) is 9.60. The van der Waals surface area contributed by atoms with E-state index in [1.165, 1.54) is 12.1 Å². The zero-order chi connectivity index (χ0) is 26.3. The fourth-order valence-electron chi connectivity index (χ4n) is 2.50. The van der Waals surface area contributed by atoms with Crippen LogP contribution in [0.15, 0.2) is 48.5 Å². The lowest BCUT2D eigenvalue weighted by atomic mass is 10.2. The van der Waals surface area contributed by atoms with E-state index < -0.39 is 33.4 Å². The third-order valence-corrected chi connectivity index (χ3v) is 5.12. The molecule has 9 heteroatoms. The van der Waals surface area contributed by atoms with Gasteiger partial charge in [-0.3, -0.25) is 0 Å². The van der Waals surface area contributed by atoms with Crippen molar-refractivity contribution in [3.63, 3.8) is 0 Å². The van der Waals surface area contributed by atoms with Crippen LogP contribution in [-0.4, -0.2) is 37.7 Å². The maximum absolute atomic E-state index is 12.3. The fourth-order valence-corrected chi connectivity index (χ4v) is 3.38. The van der Waals surface area contributed by atoms with E-state index >= 15 is 0 Å². The van der Waals surface area contributed by atoms with Crippen molar-refractivity contribution in [3.8, 4) is 22.7 Å². The molecule has 0 saturated heterocycles. The number of benzene rings is 2. The monoisotopic (exact) mass is 502 g/mol. The highest BCUT2D eigenvalue weighted by molar-refractivity contribution is 7.96. The second-order valence-corrected chi connectivity index (χ2v) is 11.4. The lowest BCUT2D eigenvalue weighted by molar-refractivity contribution is 0.0193. The highest BCUT2D eigenvalue weighted by Crippen LogP contribution is 2.17. The summed E-state index contributed by atoms with van der Waals surface area (Å²) in [5, 5.41) is 2.30. The highest BCUT2D eigenvalue weighted by atomic mass is 32.2. The van der Waals surface area contributed by atoms with Crippen LogP contribution in [0.3, 0.4) is 0 Å². The standard InChI is InChI=1S/C26H30O8S/c1-25(2,3)33-23(27)31-21-11-7-19(8-12-21)15-17-35(29,30)18-16-20-9-13-22(14-10-20)32-24(28)34-26(4,5)6/h7-14H,15,17H2,1-6H3. The molecule has 0 spiro atoms. The van der Waals surface area contributed by atoms with Crippen LogP contribution in [-0.2, 0) is 25.7 Å². The second kappa shape index (κ2) is 11.3. The Morgan fingerprint density at radius 3 is 1.60 bits per heavy atom. The van der Waals surface area contributed by atoms with Crippen LogP contribution in [0.5, 0.6) is 11.5 Å². The van der Waals surface area contributed by atoms with Gasteiger partial charge in [-0.2, -0.15) is 0 Å². The van der Waals surface area contributed by atoms with Gasteiger partial charge in [0.1, 0.15) is 22.7 Å². The third kappa shape index (κ3) is 11.5. The van der Waals surface area contributed by atoms with Crippen molar-refractivity contribution in [3.05, 3.63) is 59.7 Å². The first-order chi connectivity index (χ1) is 16.1. The first-order valence-corrected chi connectivity index (χ1v) is 12.5. The van der Waals surface area contributed by atoms with Gasteiger partial charge in [-0.1, -0.05) is 18.1 Å². The number of carbonyl (C=O) groups excluding carboxylic acids is 2. The van der Waals surface area contributed by atoms with Crippen LogP contribution < -0.4 is 9.47 Å². The Kier molecular flexibility index (Phi) is 8.94. The van der Waals surface area contributed by atoms with Crippen molar-refractivity contribution in [2.45, 2.75) is 59.2 Å². The number of rotatable bonds is 5. The molecule has 0 unspecified atom stereocenters. The normalized spacial score (nSPS) is 11.6. The molecule has 2 rings (SSSR count). The zero-order valence-corrected chi connectivity index (χ0v) is 21.5. The van der Waals surface area contributed by atoms with Gasteiger partial charge in [0.2, 0.25) is 9.84 Å². The minimum Gasteiger partial charge on any atom is -0.428 e. The summed E-state index contributed by atoms with van der Waals surface area (Å²) < 4.78 is 45.0. The zero-order valence-electron chi connectivity index (χ0n) is 20.7. The van der Waals surface area contributed by atoms with E-state index in [0.29, 0.717) is 11.3 Å². The summed E-state index contributed by atoms with van der Waals surface area (Å²) in [6, 6.07) is 12.6. The van der Waals surface area contributed by atoms with Gasteiger partial charge in [0.05, 0.1) is 5.75 Å². The predicted molar refractivity (Wildman–Crippen MR) is 131 cm³/mol. The van der Waals surface area contributed by atoms with Crippen molar-refractivity contribution in [2.24, 2.45) is 0 Å². The number of sulfone groups is 1. The summed E-state index contributed by atoms with van der Waals surface area (Å²) in [6.07, 6.45) is -1.40. The number of ether oxygens (including phenoxy) is 4. The molecule has 0 radical (unpaired) electrons. The van der Waals surface area contributed by atoms with Crippen LogP contribution in [0.4, 0.5) is 9.59 Å². The molecule has 0 saturated carbocycles. The maximum Gasteiger partial charge on any atom is 0.514 e. The summed E-state index contributed by atoms with van der Waals surface area (Å²) in [4.78, 5) is 23.4. The first-order valence-electron chi connectivity index (χ1n) is 10.9. The largest absolute Gasteiger partial charge is 0.514 e. The molecule has 2 aromatic carbocycles. The van der Waals surface area contributed by atoms with Gasteiger partial charge in [-0.15, -0.1) is 0 Å². The Labute approximate surface area is 206 Å². The molecule has 0 aromatic heterocycles. The van der Waals surface area contributed by atoms with Crippen molar-refractivity contribution in [1.82, 2.24) is 0 Å². The van der Waals surface area contributed by atoms with Gasteiger partial charge in [0.25, 0.3) is 0 Å². The van der Waals surface area contributed by atoms with Crippen LogP contribution in [0.1, 0.15) is 52.7 Å². The lowest BCUT2D eigenvalue weighted by Crippen LogP contribution is -2.25. The summed E-state index contributed by atoms with van der Waals surface area (Å²) in [6.45, 7) is 10.4. The van der Waals surface area contributed by atoms with Gasteiger partial charge >= 0.3 is 12.3 Å². The molecule has 0 bridgehead atoms. The van der Waals surface area contributed by atoms with Crippen molar-refractivity contribution >= 4 is 22.1 Å². The molecular formula is C26H30O8S. The summed E-state index contributed by atoms with van der Waals surface area (Å²) in [7, 11) is -3.65. The lowest BCUT2D eigenvalue weighted by Gasteiger charge is -2.18. The van der Waals surface area contributed by atoms with E-state index in [1.54, 1.807) is 77.9 Å². The molecule has 188 valence electrons. The molecule has 0 atom stereocenters. The number of hydrogen-bond donors (Lipinski definition) is 0. The summed E-state index contributed by atoms with van der Waals surface area (Å²) >= 11 is 0. The molecule has 0 fully saturated rings. The SMILES string of the molecule is CC(C)(C)OC(=O)Oc1ccc(C#CS(=O)(=O)CCc2ccc(OC(=O)OC(C)(C)C)cc2)cc1. The summed E-state index contributed by atoms with van der Waals surface area (Å²) in [5.74, 6) is 2.99. The Morgan fingerprint density at radius 1 is 0.743 bits per heavy atom. The maximum atomic E-state index is 12.3. The Bertz CT molecular complexity index is 1190. The van der Waals surface area contributed by atoms with Crippen LogP contribution in [0.2, 0.25) is 0 Å². The van der Waals surface area contributed by atoms with Crippen LogP contribution in [0, 0.1) is 11.2 Å². The molecule has 0 aliphatic heterocycles. The van der Waals surface area contributed by atoms with E-state index in [0.717, 1.165) is 5.56 Å². The van der Waals surface area contributed by atoms with E-state index in [1.807, 2.05) is 0 Å². The third-order valence-electron chi connectivity index (χ3n) is 3.97. The quantitative estimate of drug-likeness (QED) is 0.309. The van der Waals surface area contributed by atoms with Crippen molar-refractivity contribution < 1.29 is 37.0 Å². The fraction of sp³-hybridized carbons (Fsp3) is 0.385. The first kappa shape index (κ1) is 27.7. The van der Waals surface area contributed by atoms with Gasteiger partial charge < -0.3 is 18.9 Å². The van der Waals surface area contributed by atoms with Crippen LogP contribution in [0.25, 0.3) is 0 Å². The Morgan fingerprint density at radius 2 is 1.17 bits per heavy atom. The van der Waals surface area contributed by atoms with E-state index in [-0.39, 0.29) is 17.9 Å². The van der Waals surface area contributed by atoms with Gasteiger partial charge in [0, 0.05) is 10.8 Å². The van der Waals surface area contributed by atoms with Gasteiger partial charge in [0.15, 0.2) is 0 Å². The molecule has 8 nitrogen and oxygen atoms in total. The average molecular weight is 503 g/mol. The predicted octanol–water partition coefficient (Wildman–Crippen LogP) is 5.28. The molecule has 35 heavy (non-hydrogen) atoms. The molecule has 0 aliphatic carbocycles.